The summed E-state index contributed by atoms with van der Waals surface area (Å²) in [7, 11) is 0. The number of fused-ring (bicyclic) bond motifs is 2. The Hall–Kier alpha value is -0.980. The number of rotatable bonds is 11. The number of esters is 1. The fraction of sp³-hybridized carbons (Fsp3) is 0.719. The molecule has 0 radical (unpaired) electrons. The van der Waals surface area contributed by atoms with Crippen LogP contribution in [0.2, 0.25) is 0 Å². The molecule has 3 heterocycles. The summed E-state index contributed by atoms with van der Waals surface area (Å²) in [6.07, 6.45) is 9.82. The third-order valence-electron chi connectivity index (χ3n) is 8.48. The molecule has 38 heavy (non-hydrogen) atoms. The lowest BCUT2D eigenvalue weighted by atomic mass is 9.82. The van der Waals surface area contributed by atoms with E-state index in [9.17, 15) is 4.79 Å². The molecule has 6 heteroatoms. The molecule has 2 unspecified atom stereocenters. The molecule has 1 fully saturated rings. The smallest absolute Gasteiger partial charge is 0.311 e. The zero-order valence-corrected chi connectivity index (χ0v) is 27.3. The topological polar surface area (TPSA) is 38.8 Å². The number of benzene rings is 1. The summed E-state index contributed by atoms with van der Waals surface area (Å²) in [4.78, 5) is 16.8. The monoisotopic (exact) mass is 607 g/mol. The van der Waals surface area contributed by atoms with Crippen molar-refractivity contribution in [1.82, 2.24) is 4.90 Å². The van der Waals surface area contributed by atoms with Crippen LogP contribution in [0.4, 0.5) is 0 Å². The van der Waals surface area contributed by atoms with Crippen LogP contribution in [0.25, 0.3) is 5.57 Å². The van der Waals surface area contributed by atoms with E-state index in [2.05, 4.69) is 65.5 Å². The Balaban J connectivity index is 0.00000400. The van der Waals surface area contributed by atoms with E-state index in [1.807, 2.05) is 11.8 Å². The normalized spacial score (nSPS) is 21.2. The zero-order chi connectivity index (χ0) is 26.8. The van der Waals surface area contributed by atoms with Crippen molar-refractivity contribution in [2.75, 3.05) is 19.6 Å². The lowest BCUT2D eigenvalue weighted by Gasteiger charge is -2.35. The predicted molar refractivity (Wildman–Crippen MR) is 167 cm³/mol. The minimum Gasteiger partial charge on any atom is -0.482 e. The molecule has 0 amide bonds. The van der Waals surface area contributed by atoms with Crippen LogP contribution >= 0.6 is 28.7 Å². The van der Waals surface area contributed by atoms with E-state index in [4.69, 9.17) is 9.47 Å². The van der Waals surface area contributed by atoms with Gasteiger partial charge in [-0.1, -0.05) is 60.3 Å². The molecule has 0 N–H and O–H groups in total. The number of ether oxygens (including phenoxy) is 2. The number of carbonyl (C=O) groups is 1. The van der Waals surface area contributed by atoms with Crippen molar-refractivity contribution in [3.05, 3.63) is 28.2 Å². The standard InChI is InChI=1S/C32H49NO3S.BrH/c1-8-9-10-14-22(2)23(3)24-19-26(35-28(34)15-13-18-33-16-11-12-17-33)29-25-21-31(4,5)37-30(25)32(6,7)36-27(29)20-24;/h19-20,22-23H,8-18,21H2,1-7H3;1H. The molecule has 4 nitrogen and oxygen atoms in total. The first-order valence-electron chi connectivity index (χ1n) is 14.7. The number of hydrogen-bond donors (Lipinski definition) is 0. The number of nitrogens with zero attached hydrogens (tertiary/aromatic N) is 1. The van der Waals surface area contributed by atoms with E-state index in [1.165, 1.54) is 54.6 Å². The molecular weight excluding hydrogens is 558 g/mol. The second-order valence-electron chi connectivity index (χ2n) is 12.7. The summed E-state index contributed by atoms with van der Waals surface area (Å²) >= 11 is 1.91. The van der Waals surface area contributed by atoms with E-state index >= 15 is 0 Å². The van der Waals surface area contributed by atoms with Gasteiger partial charge in [-0.2, -0.15) is 0 Å². The molecule has 0 aromatic heterocycles. The Labute approximate surface area is 246 Å². The van der Waals surface area contributed by atoms with E-state index in [0.717, 1.165) is 43.8 Å². The Morgan fingerprint density at radius 3 is 2.50 bits per heavy atom. The van der Waals surface area contributed by atoms with Gasteiger partial charge in [0.05, 0.1) is 5.56 Å². The van der Waals surface area contributed by atoms with Crippen LogP contribution in [0.3, 0.4) is 0 Å². The molecule has 214 valence electrons. The quantitative estimate of drug-likeness (QED) is 0.142. The fourth-order valence-corrected chi connectivity index (χ4v) is 7.50. The first-order valence-corrected chi connectivity index (χ1v) is 15.6. The van der Waals surface area contributed by atoms with Gasteiger partial charge in [0.25, 0.3) is 0 Å². The maximum atomic E-state index is 13.1. The first-order chi connectivity index (χ1) is 17.5. The molecule has 2 atom stereocenters. The average Bonchev–Trinajstić information content (AvgIpc) is 3.45. The van der Waals surface area contributed by atoms with E-state index in [0.29, 0.717) is 24.0 Å². The number of hydrogen-bond acceptors (Lipinski definition) is 5. The molecule has 3 aliphatic heterocycles. The highest BCUT2D eigenvalue weighted by Crippen LogP contribution is 2.60. The van der Waals surface area contributed by atoms with Gasteiger partial charge in [0, 0.05) is 16.1 Å². The Bertz CT molecular complexity index is 1010. The van der Waals surface area contributed by atoms with Crippen molar-refractivity contribution in [3.8, 4) is 11.5 Å². The Kier molecular flexibility index (Phi) is 10.9. The molecule has 3 aliphatic rings. The number of allylic oxidation sites excluding steroid dienone is 1. The molecule has 0 saturated carbocycles. The largest absolute Gasteiger partial charge is 0.482 e. The highest BCUT2D eigenvalue weighted by molar-refractivity contribution is 8.93. The van der Waals surface area contributed by atoms with Gasteiger partial charge in [0.2, 0.25) is 0 Å². The maximum Gasteiger partial charge on any atom is 0.311 e. The van der Waals surface area contributed by atoms with Crippen LogP contribution in [0, 0.1) is 5.92 Å². The predicted octanol–water partition coefficient (Wildman–Crippen LogP) is 9.16. The van der Waals surface area contributed by atoms with Crippen molar-refractivity contribution >= 4 is 40.3 Å². The second-order valence-corrected chi connectivity index (χ2v) is 14.5. The Morgan fingerprint density at radius 2 is 1.82 bits per heavy atom. The number of likely N-dealkylation sites (tertiary alicyclic amines) is 1. The SMILES string of the molecule is Br.CCCCCC(C)C(C)c1cc(OC(=O)CCCN2CCCC2)c2c(c1)OC(C)(C)C1=C2CC(C)(C)S1. The summed E-state index contributed by atoms with van der Waals surface area (Å²) < 4.78 is 13.0. The van der Waals surface area contributed by atoms with Crippen molar-refractivity contribution in [2.45, 2.75) is 123 Å². The molecule has 1 aromatic rings. The van der Waals surface area contributed by atoms with Gasteiger partial charge in [-0.3, -0.25) is 4.79 Å². The van der Waals surface area contributed by atoms with Crippen LogP contribution in [0.1, 0.15) is 123 Å². The van der Waals surface area contributed by atoms with Gasteiger partial charge in [0.1, 0.15) is 17.1 Å². The van der Waals surface area contributed by atoms with Crippen LogP contribution in [0.15, 0.2) is 17.0 Å². The first kappa shape index (κ1) is 31.5. The third kappa shape index (κ3) is 7.40. The van der Waals surface area contributed by atoms with Crippen molar-refractivity contribution < 1.29 is 14.3 Å². The van der Waals surface area contributed by atoms with Crippen molar-refractivity contribution in [2.24, 2.45) is 5.92 Å². The van der Waals surface area contributed by atoms with Crippen LogP contribution < -0.4 is 9.47 Å². The van der Waals surface area contributed by atoms with Gasteiger partial charge in [-0.15, -0.1) is 28.7 Å². The van der Waals surface area contributed by atoms with Crippen molar-refractivity contribution in [3.63, 3.8) is 0 Å². The van der Waals surface area contributed by atoms with Crippen LogP contribution in [-0.4, -0.2) is 40.9 Å². The van der Waals surface area contributed by atoms with Gasteiger partial charge in [0.15, 0.2) is 0 Å². The summed E-state index contributed by atoms with van der Waals surface area (Å²) in [5, 5.41) is 0. The molecule has 0 aliphatic carbocycles. The number of thioether (sulfide) groups is 1. The van der Waals surface area contributed by atoms with E-state index < -0.39 is 0 Å². The lowest BCUT2D eigenvalue weighted by molar-refractivity contribution is -0.134. The minimum atomic E-state index is -0.383. The number of unbranched alkanes of at least 4 members (excludes halogenated alkanes) is 2. The highest BCUT2D eigenvalue weighted by Gasteiger charge is 2.45. The fourth-order valence-electron chi connectivity index (χ4n) is 6.14. The second kappa shape index (κ2) is 13.1. The Morgan fingerprint density at radius 1 is 1.11 bits per heavy atom. The highest BCUT2D eigenvalue weighted by atomic mass is 79.9. The number of halogens is 1. The molecule has 1 saturated heterocycles. The summed E-state index contributed by atoms with van der Waals surface area (Å²) in [5.41, 5.74) is 3.14. The lowest BCUT2D eigenvalue weighted by Crippen LogP contribution is -2.33. The zero-order valence-electron chi connectivity index (χ0n) is 24.8. The van der Waals surface area contributed by atoms with E-state index in [1.54, 1.807) is 0 Å². The van der Waals surface area contributed by atoms with Crippen LogP contribution in [0.5, 0.6) is 11.5 Å². The molecular formula is C32H50BrNO3S. The molecule has 0 bridgehead atoms. The van der Waals surface area contributed by atoms with Gasteiger partial charge >= 0.3 is 5.97 Å². The number of carbonyl (C=O) groups excluding carboxylic acids is 1. The molecule has 4 rings (SSSR count). The van der Waals surface area contributed by atoms with Gasteiger partial charge in [-0.05, 0) is 94.3 Å². The van der Waals surface area contributed by atoms with Crippen molar-refractivity contribution in [1.29, 1.82) is 0 Å². The summed E-state index contributed by atoms with van der Waals surface area (Å²) in [6.45, 7) is 19.2. The van der Waals surface area contributed by atoms with Crippen LogP contribution in [-0.2, 0) is 4.79 Å². The van der Waals surface area contributed by atoms with E-state index in [-0.39, 0.29) is 33.3 Å². The molecule has 0 spiro atoms. The summed E-state index contributed by atoms with van der Waals surface area (Å²) in [6, 6.07) is 4.39. The maximum absolute atomic E-state index is 13.1. The molecule has 1 aromatic carbocycles. The van der Waals surface area contributed by atoms with Gasteiger partial charge in [-0.25, -0.2) is 0 Å². The minimum absolute atomic E-state index is 0. The average molecular weight is 609 g/mol. The third-order valence-corrected chi connectivity index (χ3v) is 10.1. The van der Waals surface area contributed by atoms with Gasteiger partial charge < -0.3 is 14.4 Å². The summed E-state index contributed by atoms with van der Waals surface area (Å²) in [5.74, 6) is 2.38.